The van der Waals surface area contributed by atoms with Gasteiger partial charge in [0.25, 0.3) is 5.69 Å². The molecule has 0 aromatic heterocycles. The van der Waals surface area contributed by atoms with Crippen LogP contribution in [0.1, 0.15) is 62.0 Å². The van der Waals surface area contributed by atoms with Crippen molar-refractivity contribution in [3.8, 4) is 17.2 Å². The van der Waals surface area contributed by atoms with Crippen LogP contribution in [-0.4, -0.2) is 126 Å². The number of allylic oxidation sites excluding steroid dienone is 1. The van der Waals surface area contributed by atoms with Crippen molar-refractivity contribution in [2.45, 2.75) is 69.3 Å². The molecule has 16 heteroatoms. The summed E-state index contributed by atoms with van der Waals surface area (Å²) in [5.41, 5.74) is 3.16. The Morgan fingerprint density at radius 1 is 0.954 bits per heavy atom. The quantitative estimate of drug-likeness (QED) is 0.0256. The van der Waals surface area contributed by atoms with Gasteiger partial charge in [-0.25, -0.2) is 4.79 Å². The first-order chi connectivity index (χ1) is 31.8. The summed E-state index contributed by atoms with van der Waals surface area (Å²) in [6, 6.07) is 19.9. The lowest BCUT2D eigenvalue weighted by atomic mass is 9.55. The summed E-state index contributed by atoms with van der Waals surface area (Å²) in [5.74, 6) is -1.05. The molecule has 6 unspecified atom stereocenters. The Kier molecular flexibility index (Phi) is 17.0. The van der Waals surface area contributed by atoms with Crippen LogP contribution in [0.3, 0.4) is 0 Å². The summed E-state index contributed by atoms with van der Waals surface area (Å²) in [4.78, 5) is 35.7. The van der Waals surface area contributed by atoms with Gasteiger partial charge in [0, 0.05) is 69.4 Å². The van der Waals surface area contributed by atoms with Crippen LogP contribution in [0.2, 0.25) is 0 Å². The molecule has 0 bridgehead atoms. The van der Waals surface area contributed by atoms with Gasteiger partial charge in [-0.1, -0.05) is 60.5 Å². The number of amides is 1. The second-order valence-electron chi connectivity index (χ2n) is 16.9. The molecule has 3 N–H and O–H groups in total. The van der Waals surface area contributed by atoms with E-state index >= 15 is 0 Å². The SMILES string of the molecule is C=CCOC12Oc3ccc(OCCN4CC4)cc3C3C(CCCCO)C(CCCCO)C=C(C(=NOCc4ccccc4)CC1N(CCOCCO)C(=O)Oc1ccc([N+](=O)[O-])cc1)C32. The van der Waals surface area contributed by atoms with Gasteiger partial charge in [0.05, 0.1) is 43.0 Å². The number of non-ortho nitro benzene ring substituents is 1. The zero-order valence-corrected chi connectivity index (χ0v) is 36.9. The van der Waals surface area contributed by atoms with E-state index in [9.17, 15) is 30.2 Å². The van der Waals surface area contributed by atoms with Crippen LogP contribution in [0.5, 0.6) is 17.2 Å². The summed E-state index contributed by atoms with van der Waals surface area (Å²) in [5, 5.41) is 45.9. The highest BCUT2D eigenvalue weighted by atomic mass is 16.7. The van der Waals surface area contributed by atoms with Crippen LogP contribution in [0, 0.1) is 27.9 Å². The Balaban J connectivity index is 1.40. The summed E-state index contributed by atoms with van der Waals surface area (Å²) < 4.78 is 32.5. The average molecular weight is 899 g/mol. The topological polar surface area (TPSA) is 195 Å². The molecule has 65 heavy (non-hydrogen) atoms. The number of hydrogen-bond acceptors (Lipinski definition) is 14. The molecule has 350 valence electrons. The fourth-order valence-electron chi connectivity index (χ4n) is 9.58. The number of aliphatic hydroxyl groups excluding tert-OH is 3. The third-order valence-electron chi connectivity index (χ3n) is 12.7. The Labute approximate surface area is 380 Å². The van der Waals surface area contributed by atoms with E-state index in [-0.39, 0.29) is 88.4 Å². The highest BCUT2D eigenvalue weighted by Crippen LogP contribution is 2.62. The van der Waals surface area contributed by atoms with Crippen molar-refractivity contribution >= 4 is 17.5 Å². The van der Waals surface area contributed by atoms with Gasteiger partial charge in [0.1, 0.15) is 36.5 Å². The molecule has 4 aliphatic rings. The molecule has 0 spiro atoms. The van der Waals surface area contributed by atoms with Gasteiger partial charge in [0.15, 0.2) is 0 Å². The van der Waals surface area contributed by atoms with E-state index in [1.807, 2.05) is 42.5 Å². The molecule has 3 aromatic carbocycles. The summed E-state index contributed by atoms with van der Waals surface area (Å²) >= 11 is 0. The van der Waals surface area contributed by atoms with Gasteiger partial charge < -0.3 is 43.8 Å². The molecule has 1 amide bonds. The number of carbonyl (C=O) groups excluding carboxylic acids is 1. The second kappa shape index (κ2) is 23.2. The minimum atomic E-state index is -1.57. The number of aliphatic hydroxyl groups is 3. The normalized spacial score (nSPS) is 23.6. The molecule has 3 aromatic rings. The number of nitro benzene ring substituents is 1. The number of unbranched alkanes of at least 4 members (excludes halogenated alkanes) is 2. The summed E-state index contributed by atoms with van der Waals surface area (Å²) in [6.07, 6.45) is 7.59. The Bertz CT molecular complexity index is 2100. The molecule has 2 aliphatic carbocycles. The molecular formula is C49H62N4O12. The van der Waals surface area contributed by atoms with Gasteiger partial charge >= 0.3 is 6.09 Å². The zero-order chi connectivity index (χ0) is 45.6. The van der Waals surface area contributed by atoms with E-state index in [1.54, 1.807) is 6.08 Å². The van der Waals surface area contributed by atoms with Crippen LogP contribution in [0.4, 0.5) is 10.5 Å². The predicted octanol–water partition coefficient (Wildman–Crippen LogP) is 6.63. The summed E-state index contributed by atoms with van der Waals surface area (Å²) in [6.45, 7) is 7.66. The Hall–Kier alpha value is -5.36. The summed E-state index contributed by atoms with van der Waals surface area (Å²) in [7, 11) is 0. The van der Waals surface area contributed by atoms with Crippen molar-refractivity contribution in [2.75, 3.05) is 72.4 Å². The van der Waals surface area contributed by atoms with E-state index in [0.717, 1.165) is 62.0 Å². The highest BCUT2D eigenvalue weighted by Gasteiger charge is 2.65. The van der Waals surface area contributed by atoms with Crippen molar-refractivity contribution in [1.29, 1.82) is 0 Å². The molecule has 7 rings (SSSR count). The van der Waals surface area contributed by atoms with E-state index in [2.05, 4.69) is 23.6 Å². The Morgan fingerprint density at radius 3 is 2.42 bits per heavy atom. The van der Waals surface area contributed by atoms with Gasteiger partial charge in [-0.3, -0.25) is 19.9 Å². The van der Waals surface area contributed by atoms with Crippen LogP contribution in [0.25, 0.3) is 0 Å². The number of oxime groups is 1. The maximum Gasteiger partial charge on any atom is 0.415 e. The third-order valence-corrected chi connectivity index (χ3v) is 12.7. The lowest BCUT2D eigenvalue weighted by molar-refractivity contribution is -0.384. The van der Waals surface area contributed by atoms with Crippen molar-refractivity contribution in [1.82, 2.24) is 9.80 Å². The second-order valence-corrected chi connectivity index (χ2v) is 16.9. The largest absolute Gasteiger partial charge is 0.492 e. The third kappa shape index (κ3) is 11.7. The predicted molar refractivity (Wildman–Crippen MR) is 242 cm³/mol. The first-order valence-electron chi connectivity index (χ1n) is 22.8. The van der Waals surface area contributed by atoms with Crippen molar-refractivity contribution < 1.29 is 53.6 Å². The highest BCUT2D eigenvalue weighted by molar-refractivity contribution is 6.03. The van der Waals surface area contributed by atoms with E-state index in [0.29, 0.717) is 36.7 Å². The molecular weight excluding hydrogens is 837 g/mol. The monoisotopic (exact) mass is 898 g/mol. The number of carbonyl (C=O) groups is 1. The van der Waals surface area contributed by atoms with Gasteiger partial charge in [0.2, 0.25) is 5.79 Å². The lowest BCUT2D eigenvalue weighted by Crippen LogP contribution is -2.70. The smallest absolute Gasteiger partial charge is 0.415 e. The molecule has 0 radical (unpaired) electrons. The van der Waals surface area contributed by atoms with Crippen molar-refractivity contribution in [3.63, 3.8) is 0 Å². The molecule has 2 heterocycles. The fourth-order valence-corrected chi connectivity index (χ4v) is 9.58. The molecule has 1 saturated heterocycles. The van der Waals surface area contributed by atoms with Crippen LogP contribution < -0.4 is 14.2 Å². The number of benzene rings is 3. The maximum absolute atomic E-state index is 14.8. The minimum absolute atomic E-state index is 0.00481. The van der Waals surface area contributed by atoms with Crippen molar-refractivity contribution in [3.05, 3.63) is 118 Å². The molecule has 2 fully saturated rings. The van der Waals surface area contributed by atoms with Crippen LogP contribution in [-0.2, 0) is 20.9 Å². The first-order valence-corrected chi connectivity index (χ1v) is 22.8. The minimum Gasteiger partial charge on any atom is -0.492 e. The Morgan fingerprint density at radius 2 is 1.71 bits per heavy atom. The van der Waals surface area contributed by atoms with E-state index in [4.69, 9.17) is 33.7 Å². The van der Waals surface area contributed by atoms with E-state index in [1.165, 1.54) is 29.2 Å². The molecule has 1 saturated carbocycles. The standard InChI is InChI=1S/C49H62N4O12/c1-2-27-62-49-45(52(23-28-60-30-26-56)48(57)64-38-16-14-37(15-17-38)53(58)59)33-43(50-63-34-35-10-4-3-5-11-35)41-31-36(12-6-8-24-54)40(13-7-9-25-55)46(47(41)49)42-32-39(18-19-44(42)65-49)61-29-22-51-20-21-51/h2-5,10-11,14-19,31-32,36,40,45-47,54-56H,1,6-9,12-13,20-30,33-34H2. The zero-order valence-electron chi connectivity index (χ0n) is 36.9. The van der Waals surface area contributed by atoms with Crippen LogP contribution in [0.15, 0.2) is 102 Å². The van der Waals surface area contributed by atoms with Crippen molar-refractivity contribution in [2.24, 2.45) is 22.9 Å². The van der Waals surface area contributed by atoms with Gasteiger partial charge in [-0.15, -0.1) is 6.58 Å². The number of nitrogens with zero attached hydrogens (tertiary/aromatic N) is 4. The lowest BCUT2D eigenvalue weighted by Gasteiger charge is -2.59. The molecule has 16 nitrogen and oxygen atoms in total. The van der Waals surface area contributed by atoms with Gasteiger partial charge in [-0.2, -0.15) is 0 Å². The number of rotatable bonds is 26. The fraction of sp³-hybridized carbons (Fsp3) is 0.510. The molecule has 2 aliphatic heterocycles. The first kappa shape index (κ1) is 47.6. The molecule has 6 atom stereocenters. The number of fused-ring (bicyclic) bond motifs is 2. The van der Waals surface area contributed by atoms with Gasteiger partial charge in [-0.05, 0) is 79.0 Å². The number of nitro groups is 1. The van der Waals surface area contributed by atoms with E-state index < -0.39 is 28.8 Å². The maximum atomic E-state index is 14.8. The van der Waals surface area contributed by atoms with Crippen LogP contribution >= 0.6 is 0 Å². The number of hydrogen-bond donors (Lipinski definition) is 3. The number of ether oxygens (including phenoxy) is 5. The average Bonchev–Trinajstić information content (AvgIpc) is 4.15.